The van der Waals surface area contributed by atoms with Crippen LogP contribution in [0.25, 0.3) is 0 Å². The SMILES string of the molecule is COc1ccc(Br)c(CC2CCN(C(=O)CCC3CCC(NC(=O)OC(C)(C)C)CC3)CC2)c1. The summed E-state index contributed by atoms with van der Waals surface area (Å²) in [6.07, 6.45) is 8.43. The number of halogens is 1. The molecule has 1 heterocycles. The van der Waals surface area contributed by atoms with Gasteiger partial charge >= 0.3 is 6.09 Å². The maximum absolute atomic E-state index is 12.8. The highest BCUT2D eigenvalue weighted by Crippen LogP contribution is 2.31. The van der Waals surface area contributed by atoms with Crippen LogP contribution in [0.1, 0.15) is 77.7 Å². The van der Waals surface area contributed by atoms with Crippen LogP contribution in [-0.4, -0.2) is 48.7 Å². The van der Waals surface area contributed by atoms with E-state index >= 15 is 0 Å². The first-order chi connectivity index (χ1) is 16.1. The van der Waals surface area contributed by atoms with Crippen molar-refractivity contribution in [2.24, 2.45) is 11.8 Å². The number of ether oxygens (including phenoxy) is 2. The molecular weight excluding hydrogens is 496 g/mol. The largest absolute Gasteiger partial charge is 0.497 e. The van der Waals surface area contributed by atoms with Gasteiger partial charge in [-0.1, -0.05) is 15.9 Å². The number of methoxy groups -OCH3 is 1. The number of hydrogen-bond donors (Lipinski definition) is 1. The first-order valence-corrected chi connectivity index (χ1v) is 13.5. The third-order valence-corrected chi connectivity index (χ3v) is 7.84. The number of carbonyl (C=O) groups is 2. The van der Waals surface area contributed by atoms with Crippen molar-refractivity contribution in [2.75, 3.05) is 20.2 Å². The van der Waals surface area contributed by atoms with Gasteiger partial charge in [0.2, 0.25) is 5.91 Å². The summed E-state index contributed by atoms with van der Waals surface area (Å²) in [4.78, 5) is 26.9. The van der Waals surface area contributed by atoms with Crippen molar-refractivity contribution >= 4 is 27.9 Å². The number of likely N-dealkylation sites (tertiary alicyclic amines) is 1. The van der Waals surface area contributed by atoms with Crippen molar-refractivity contribution in [3.05, 3.63) is 28.2 Å². The van der Waals surface area contributed by atoms with Gasteiger partial charge in [0.05, 0.1) is 7.11 Å². The summed E-state index contributed by atoms with van der Waals surface area (Å²) >= 11 is 3.66. The Morgan fingerprint density at radius 1 is 1.06 bits per heavy atom. The predicted octanol–water partition coefficient (Wildman–Crippen LogP) is 6.10. The number of carbonyl (C=O) groups excluding carboxylic acids is 2. The summed E-state index contributed by atoms with van der Waals surface area (Å²) in [6.45, 7) is 7.35. The van der Waals surface area contributed by atoms with Crippen LogP contribution < -0.4 is 10.1 Å². The maximum Gasteiger partial charge on any atom is 0.407 e. The van der Waals surface area contributed by atoms with Gasteiger partial charge in [-0.3, -0.25) is 4.79 Å². The molecule has 1 aromatic carbocycles. The Bertz CT molecular complexity index is 822. The zero-order chi connectivity index (χ0) is 24.7. The van der Waals surface area contributed by atoms with Crippen LogP contribution in [-0.2, 0) is 16.0 Å². The molecule has 2 fully saturated rings. The summed E-state index contributed by atoms with van der Waals surface area (Å²) in [5.74, 6) is 2.36. The zero-order valence-corrected chi connectivity index (χ0v) is 22.8. The fourth-order valence-electron chi connectivity index (χ4n) is 5.09. The van der Waals surface area contributed by atoms with Gasteiger partial charge in [-0.15, -0.1) is 0 Å². The number of amides is 2. The van der Waals surface area contributed by atoms with Gasteiger partial charge in [-0.05, 0) is 108 Å². The Labute approximate surface area is 213 Å². The molecule has 0 radical (unpaired) electrons. The lowest BCUT2D eigenvalue weighted by Gasteiger charge is -2.33. The fraction of sp³-hybridized carbons (Fsp3) is 0.704. The van der Waals surface area contributed by atoms with Crippen LogP contribution in [0.3, 0.4) is 0 Å². The molecule has 1 saturated heterocycles. The van der Waals surface area contributed by atoms with E-state index in [0.717, 1.165) is 74.7 Å². The molecule has 0 atom stereocenters. The maximum atomic E-state index is 12.8. The van der Waals surface area contributed by atoms with Gasteiger partial charge in [-0.25, -0.2) is 4.79 Å². The number of nitrogens with one attached hydrogen (secondary N) is 1. The molecule has 1 aliphatic heterocycles. The van der Waals surface area contributed by atoms with Gasteiger partial charge in [0.1, 0.15) is 11.4 Å². The lowest BCUT2D eigenvalue weighted by Crippen LogP contribution is -2.41. The summed E-state index contributed by atoms with van der Waals surface area (Å²) in [6, 6.07) is 6.32. The van der Waals surface area contributed by atoms with Gasteiger partial charge in [-0.2, -0.15) is 0 Å². The first-order valence-electron chi connectivity index (χ1n) is 12.7. The molecule has 7 heteroatoms. The Kier molecular flexibility index (Phi) is 9.69. The van der Waals surface area contributed by atoms with Crippen LogP contribution in [0.4, 0.5) is 4.79 Å². The number of nitrogens with zero attached hydrogens (tertiary/aromatic N) is 1. The molecule has 1 N–H and O–H groups in total. The molecule has 2 aliphatic rings. The zero-order valence-electron chi connectivity index (χ0n) is 21.2. The average molecular weight is 538 g/mol. The van der Waals surface area contributed by atoms with E-state index in [1.165, 1.54) is 5.56 Å². The smallest absolute Gasteiger partial charge is 0.407 e. The molecule has 3 rings (SSSR count). The summed E-state index contributed by atoms with van der Waals surface area (Å²) in [5.41, 5.74) is 0.808. The topological polar surface area (TPSA) is 67.9 Å². The number of hydrogen-bond acceptors (Lipinski definition) is 4. The molecule has 1 aliphatic carbocycles. The number of rotatable bonds is 7. The summed E-state index contributed by atoms with van der Waals surface area (Å²) in [5, 5.41) is 3.00. The molecule has 0 unspecified atom stereocenters. The highest BCUT2D eigenvalue weighted by Gasteiger charge is 2.27. The molecule has 0 aromatic heterocycles. The Morgan fingerprint density at radius 3 is 2.35 bits per heavy atom. The summed E-state index contributed by atoms with van der Waals surface area (Å²) in [7, 11) is 1.70. The number of piperidine rings is 1. The van der Waals surface area contributed by atoms with Crippen LogP contribution in [0, 0.1) is 11.8 Å². The molecule has 1 saturated carbocycles. The molecule has 1 aromatic rings. The quantitative estimate of drug-likeness (QED) is 0.456. The van der Waals surface area contributed by atoms with E-state index in [-0.39, 0.29) is 12.1 Å². The molecular formula is C27H41BrN2O4. The van der Waals surface area contributed by atoms with E-state index in [0.29, 0.717) is 24.2 Å². The van der Waals surface area contributed by atoms with E-state index < -0.39 is 5.60 Å². The van der Waals surface area contributed by atoms with E-state index in [9.17, 15) is 9.59 Å². The van der Waals surface area contributed by atoms with Crippen LogP contribution in [0.5, 0.6) is 5.75 Å². The second-order valence-corrected chi connectivity index (χ2v) is 11.7. The Morgan fingerprint density at radius 2 is 1.74 bits per heavy atom. The molecule has 0 bridgehead atoms. The fourth-order valence-corrected chi connectivity index (χ4v) is 5.50. The lowest BCUT2D eigenvalue weighted by molar-refractivity contribution is -0.133. The van der Waals surface area contributed by atoms with E-state index in [2.05, 4.69) is 32.2 Å². The second-order valence-electron chi connectivity index (χ2n) is 10.9. The second kappa shape index (κ2) is 12.3. The molecule has 6 nitrogen and oxygen atoms in total. The highest BCUT2D eigenvalue weighted by atomic mass is 79.9. The van der Waals surface area contributed by atoms with E-state index in [1.807, 2.05) is 32.9 Å². The highest BCUT2D eigenvalue weighted by molar-refractivity contribution is 9.10. The van der Waals surface area contributed by atoms with Crippen molar-refractivity contribution in [1.82, 2.24) is 10.2 Å². The monoisotopic (exact) mass is 536 g/mol. The minimum Gasteiger partial charge on any atom is -0.497 e. The van der Waals surface area contributed by atoms with Gasteiger partial charge in [0, 0.05) is 30.0 Å². The Hall–Kier alpha value is -1.76. The molecule has 0 spiro atoms. The van der Waals surface area contributed by atoms with Gasteiger partial charge < -0.3 is 19.7 Å². The predicted molar refractivity (Wildman–Crippen MR) is 138 cm³/mol. The van der Waals surface area contributed by atoms with Crippen molar-refractivity contribution in [1.29, 1.82) is 0 Å². The molecule has 190 valence electrons. The molecule has 2 amide bonds. The van der Waals surface area contributed by atoms with Gasteiger partial charge in [0.15, 0.2) is 0 Å². The van der Waals surface area contributed by atoms with Crippen LogP contribution in [0.2, 0.25) is 0 Å². The normalized spacial score (nSPS) is 21.7. The lowest BCUT2D eigenvalue weighted by atomic mass is 9.83. The minimum absolute atomic E-state index is 0.186. The third-order valence-electron chi connectivity index (χ3n) is 7.06. The standard InChI is InChI=1S/C27H41BrN2O4/c1-27(2,3)34-26(32)29-22-8-5-19(6-9-22)7-12-25(31)30-15-13-20(14-16-30)17-21-18-23(33-4)10-11-24(21)28/h10-11,18-20,22H,5-9,12-17H2,1-4H3,(H,29,32). The molecule has 34 heavy (non-hydrogen) atoms. The first kappa shape index (κ1) is 26.8. The van der Waals surface area contributed by atoms with E-state index in [1.54, 1.807) is 7.11 Å². The summed E-state index contributed by atoms with van der Waals surface area (Å²) < 4.78 is 11.9. The number of benzene rings is 1. The minimum atomic E-state index is -0.470. The van der Waals surface area contributed by atoms with E-state index in [4.69, 9.17) is 9.47 Å². The average Bonchev–Trinajstić information content (AvgIpc) is 2.79. The number of alkyl carbamates (subject to hydrolysis) is 1. The van der Waals surface area contributed by atoms with Crippen molar-refractivity contribution < 1.29 is 19.1 Å². The Balaban J connectivity index is 1.33. The van der Waals surface area contributed by atoms with Gasteiger partial charge in [0.25, 0.3) is 0 Å². The van der Waals surface area contributed by atoms with Crippen LogP contribution in [0.15, 0.2) is 22.7 Å². The van der Waals surface area contributed by atoms with Crippen LogP contribution >= 0.6 is 15.9 Å². The third kappa shape index (κ3) is 8.47. The van der Waals surface area contributed by atoms with Crippen molar-refractivity contribution in [3.8, 4) is 5.75 Å². The van der Waals surface area contributed by atoms with Crippen molar-refractivity contribution in [3.63, 3.8) is 0 Å². The van der Waals surface area contributed by atoms with Crippen molar-refractivity contribution in [2.45, 2.75) is 90.2 Å².